The maximum atomic E-state index is 9.79. The van der Waals surface area contributed by atoms with Gasteiger partial charge in [0.05, 0.1) is 6.61 Å². The normalized spacial score (nSPS) is 8.08. The van der Waals surface area contributed by atoms with Gasteiger partial charge in [-0.2, -0.15) is 0 Å². The third-order valence-corrected chi connectivity index (χ3v) is 0.906. The molecular formula is C6H9N3O4. The van der Waals surface area contributed by atoms with Gasteiger partial charge >= 0.3 is 5.82 Å². The summed E-state index contributed by atoms with van der Waals surface area (Å²) in [5, 5.41) is 9.79. The lowest BCUT2D eigenvalue weighted by molar-refractivity contribution is -0.389. The highest BCUT2D eigenvalue weighted by Crippen LogP contribution is 1.99. The molecule has 0 aliphatic carbocycles. The largest absolute Gasteiger partial charge is 0.468 e. The van der Waals surface area contributed by atoms with Crippen molar-refractivity contribution < 1.29 is 14.5 Å². The standard InChI is InChI=1S/C3H3N3O2.C3H6O2/c7-6(8)3-1-4-2-5-3;1-2-5-3-4/h1-2H,(H,4,5);3H,2H2,1H3. The van der Waals surface area contributed by atoms with Gasteiger partial charge in [-0.05, 0) is 16.8 Å². The van der Waals surface area contributed by atoms with Crippen LogP contribution in [-0.2, 0) is 9.53 Å². The first kappa shape index (κ1) is 11.1. The molecule has 13 heavy (non-hydrogen) atoms. The number of H-pyrrole nitrogens is 1. The van der Waals surface area contributed by atoms with Crippen molar-refractivity contribution in [1.82, 2.24) is 9.97 Å². The van der Waals surface area contributed by atoms with Crippen molar-refractivity contribution in [3.8, 4) is 0 Å². The Kier molecular flexibility index (Phi) is 5.77. The minimum Gasteiger partial charge on any atom is -0.468 e. The zero-order chi connectivity index (χ0) is 10.1. The van der Waals surface area contributed by atoms with E-state index in [1.165, 1.54) is 12.5 Å². The Morgan fingerprint density at radius 2 is 2.54 bits per heavy atom. The minimum atomic E-state index is -0.559. The molecule has 0 aliphatic rings. The summed E-state index contributed by atoms with van der Waals surface area (Å²) >= 11 is 0. The van der Waals surface area contributed by atoms with Crippen molar-refractivity contribution in [3.05, 3.63) is 22.6 Å². The zero-order valence-corrected chi connectivity index (χ0v) is 6.97. The molecule has 0 aliphatic heterocycles. The summed E-state index contributed by atoms with van der Waals surface area (Å²) in [7, 11) is 0. The molecule has 1 N–H and O–H groups in total. The van der Waals surface area contributed by atoms with Gasteiger partial charge in [0.25, 0.3) is 6.47 Å². The molecule has 7 heteroatoms. The molecule has 0 aromatic carbocycles. The second-order valence-electron chi connectivity index (χ2n) is 1.74. The lowest BCUT2D eigenvalue weighted by atomic mass is 10.8. The highest BCUT2D eigenvalue weighted by Gasteiger charge is 2.02. The first-order valence-electron chi connectivity index (χ1n) is 3.40. The lowest BCUT2D eigenvalue weighted by Gasteiger charge is -1.80. The maximum Gasteiger partial charge on any atom is 0.381 e. The van der Waals surface area contributed by atoms with Crippen molar-refractivity contribution >= 4 is 12.3 Å². The number of carbonyl (C=O) groups is 1. The molecule has 0 spiro atoms. The number of rotatable bonds is 3. The molecule has 0 saturated carbocycles. The summed E-state index contributed by atoms with van der Waals surface area (Å²) in [5.41, 5.74) is 0. The van der Waals surface area contributed by atoms with E-state index in [4.69, 9.17) is 0 Å². The van der Waals surface area contributed by atoms with Gasteiger partial charge in [0.2, 0.25) is 6.33 Å². The van der Waals surface area contributed by atoms with Crippen molar-refractivity contribution in [2.45, 2.75) is 6.92 Å². The maximum absolute atomic E-state index is 9.79. The van der Waals surface area contributed by atoms with Crippen LogP contribution < -0.4 is 0 Å². The third kappa shape index (κ3) is 5.36. The number of hydrogen-bond donors (Lipinski definition) is 1. The zero-order valence-electron chi connectivity index (χ0n) is 6.97. The number of hydrogen-bond acceptors (Lipinski definition) is 5. The Bertz CT molecular complexity index is 246. The molecule has 1 aromatic heterocycles. The van der Waals surface area contributed by atoms with Gasteiger partial charge in [-0.15, -0.1) is 0 Å². The fourth-order valence-electron chi connectivity index (χ4n) is 0.420. The summed E-state index contributed by atoms with van der Waals surface area (Å²) in [4.78, 5) is 24.2. The summed E-state index contributed by atoms with van der Waals surface area (Å²) in [6.07, 6.45) is 2.48. The molecule has 0 unspecified atom stereocenters. The smallest absolute Gasteiger partial charge is 0.381 e. The van der Waals surface area contributed by atoms with Crippen LogP contribution in [0, 0.1) is 10.1 Å². The molecule has 0 amide bonds. The summed E-state index contributed by atoms with van der Waals surface area (Å²) in [6.45, 7) is 2.66. The van der Waals surface area contributed by atoms with E-state index in [0.717, 1.165) is 0 Å². The van der Waals surface area contributed by atoms with E-state index in [1.54, 1.807) is 6.92 Å². The van der Waals surface area contributed by atoms with E-state index in [9.17, 15) is 14.9 Å². The fourth-order valence-corrected chi connectivity index (χ4v) is 0.420. The molecule has 1 heterocycles. The van der Waals surface area contributed by atoms with Gasteiger partial charge in [-0.1, -0.05) is 0 Å². The monoisotopic (exact) mass is 187 g/mol. The number of nitrogens with zero attached hydrogens (tertiary/aromatic N) is 2. The molecule has 1 aromatic rings. The molecular weight excluding hydrogens is 178 g/mol. The van der Waals surface area contributed by atoms with Crippen LogP contribution >= 0.6 is 0 Å². The van der Waals surface area contributed by atoms with E-state index in [-0.39, 0.29) is 5.82 Å². The minimum absolute atomic E-state index is 0.148. The number of aromatic nitrogens is 2. The Balaban J connectivity index is 0.000000252. The van der Waals surface area contributed by atoms with Gasteiger partial charge in [0.15, 0.2) is 0 Å². The average molecular weight is 187 g/mol. The number of carbonyl (C=O) groups excluding carboxylic acids is 1. The molecule has 0 saturated heterocycles. The van der Waals surface area contributed by atoms with Crippen LogP contribution in [0.1, 0.15) is 6.92 Å². The number of nitrogens with one attached hydrogen (secondary N) is 1. The Morgan fingerprint density at radius 1 is 1.85 bits per heavy atom. The van der Waals surface area contributed by atoms with Gasteiger partial charge in [-0.3, -0.25) is 4.79 Å². The first-order valence-corrected chi connectivity index (χ1v) is 3.40. The molecule has 0 fully saturated rings. The van der Waals surface area contributed by atoms with E-state index in [2.05, 4.69) is 14.7 Å². The van der Waals surface area contributed by atoms with Crippen molar-refractivity contribution in [1.29, 1.82) is 0 Å². The molecule has 0 bridgehead atoms. The van der Waals surface area contributed by atoms with Gasteiger partial charge in [0.1, 0.15) is 6.20 Å². The van der Waals surface area contributed by atoms with Crippen molar-refractivity contribution in [2.24, 2.45) is 0 Å². The van der Waals surface area contributed by atoms with Crippen LogP contribution in [0.5, 0.6) is 0 Å². The van der Waals surface area contributed by atoms with Gasteiger partial charge in [0, 0.05) is 0 Å². The highest BCUT2D eigenvalue weighted by molar-refractivity contribution is 5.36. The lowest BCUT2D eigenvalue weighted by Crippen LogP contribution is -1.85. The van der Waals surface area contributed by atoms with E-state index in [1.807, 2.05) is 0 Å². The van der Waals surface area contributed by atoms with E-state index in [0.29, 0.717) is 13.1 Å². The Morgan fingerprint density at radius 3 is 2.69 bits per heavy atom. The number of aromatic amines is 1. The van der Waals surface area contributed by atoms with Crippen molar-refractivity contribution in [2.75, 3.05) is 6.61 Å². The third-order valence-electron chi connectivity index (χ3n) is 0.906. The van der Waals surface area contributed by atoms with Crippen LogP contribution in [0.3, 0.4) is 0 Å². The molecule has 0 radical (unpaired) electrons. The quantitative estimate of drug-likeness (QED) is 0.422. The van der Waals surface area contributed by atoms with Crippen LogP contribution in [0.15, 0.2) is 12.5 Å². The topological polar surface area (TPSA) is 98.1 Å². The van der Waals surface area contributed by atoms with Crippen LogP contribution in [0.4, 0.5) is 5.82 Å². The number of nitro groups is 1. The fraction of sp³-hybridized carbons (Fsp3) is 0.333. The first-order chi connectivity index (χ1) is 6.22. The SMILES string of the molecule is CCOC=O.O=[N+]([O-])c1c[nH]cn1. The molecule has 72 valence electrons. The summed E-state index contributed by atoms with van der Waals surface area (Å²) < 4.78 is 4.15. The molecule has 7 nitrogen and oxygen atoms in total. The molecule has 1 rings (SSSR count). The van der Waals surface area contributed by atoms with E-state index >= 15 is 0 Å². The predicted octanol–water partition coefficient (Wildman–Crippen LogP) is 0.497. The van der Waals surface area contributed by atoms with Crippen LogP contribution in [-0.4, -0.2) is 28.0 Å². The van der Waals surface area contributed by atoms with Crippen LogP contribution in [0.25, 0.3) is 0 Å². The highest BCUT2D eigenvalue weighted by atomic mass is 16.6. The number of ether oxygens (including phenoxy) is 1. The Hall–Kier alpha value is -1.92. The van der Waals surface area contributed by atoms with Crippen LogP contribution in [0.2, 0.25) is 0 Å². The summed E-state index contributed by atoms with van der Waals surface area (Å²) in [5.74, 6) is -0.148. The Labute approximate surface area is 73.9 Å². The molecule has 0 atom stereocenters. The second-order valence-corrected chi connectivity index (χ2v) is 1.74. The van der Waals surface area contributed by atoms with E-state index < -0.39 is 4.92 Å². The predicted molar refractivity (Wildman–Crippen MR) is 42.9 cm³/mol. The van der Waals surface area contributed by atoms with Gasteiger partial charge < -0.3 is 19.8 Å². The average Bonchev–Trinajstić information content (AvgIpc) is 2.58. The van der Waals surface area contributed by atoms with Crippen molar-refractivity contribution in [3.63, 3.8) is 0 Å². The number of imidazole rings is 1. The van der Waals surface area contributed by atoms with Gasteiger partial charge in [-0.25, -0.2) is 0 Å². The summed E-state index contributed by atoms with van der Waals surface area (Å²) in [6, 6.07) is 0. The second kappa shape index (κ2) is 6.77.